The second kappa shape index (κ2) is 6.57. The van der Waals surface area contributed by atoms with Gasteiger partial charge in [-0.25, -0.2) is 4.79 Å². The smallest absolute Gasteiger partial charge is 0.351 e. The molecule has 0 radical (unpaired) electrons. The van der Waals surface area contributed by atoms with Crippen LogP contribution in [0.4, 0.5) is 5.82 Å². The van der Waals surface area contributed by atoms with E-state index in [-0.39, 0.29) is 12.4 Å². The number of ether oxygens (including phenoxy) is 1. The molecular weight excluding hydrogens is 276 g/mol. The van der Waals surface area contributed by atoms with Crippen LogP contribution in [0, 0.1) is 0 Å². The van der Waals surface area contributed by atoms with Crippen molar-refractivity contribution in [1.82, 2.24) is 9.55 Å². The summed E-state index contributed by atoms with van der Waals surface area (Å²) in [6, 6.07) is -0.510. The van der Waals surface area contributed by atoms with Gasteiger partial charge in [-0.2, -0.15) is 4.98 Å². The van der Waals surface area contributed by atoms with Crippen LogP contribution in [0.15, 0.2) is 16.1 Å². The highest BCUT2D eigenvalue weighted by molar-refractivity contribution is 5.36. The lowest BCUT2D eigenvalue weighted by molar-refractivity contribution is -0.0270. The van der Waals surface area contributed by atoms with Crippen LogP contribution in [0.25, 0.3) is 10.4 Å². The van der Waals surface area contributed by atoms with Gasteiger partial charge in [0.05, 0.1) is 18.8 Å². The first-order valence-corrected chi connectivity index (χ1v) is 6.78. The van der Waals surface area contributed by atoms with Gasteiger partial charge in [0, 0.05) is 23.1 Å². The second-order valence-corrected chi connectivity index (χ2v) is 4.91. The van der Waals surface area contributed by atoms with E-state index in [0.717, 1.165) is 12.0 Å². The van der Waals surface area contributed by atoms with Gasteiger partial charge in [-0.05, 0) is 12.0 Å². The van der Waals surface area contributed by atoms with Crippen LogP contribution in [0.3, 0.4) is 0 Å². The van der Waals surface area contributed by atoms with Crippen molar-refractivity contribution in [2.75, 3.05) is 12.3 Å². The van der Waals surface area contributed by atoms with Gasteiger partial charge in [0.2, 0.25) is 0 Å². The standard InChI is InChI=1S/C12H18N6O3/c1-2-3-7-5-18(12(20)15-11(7)13)10-4-8(16-17-14)9(6-19)21-10/h5,8-10,19H,2-4,6H2,1H3,(H2,13,15,20)/t8?,9-,10-/m1/s1. The first kappa shape index (κ1) is 15.3. The predicted molar refractivity (Wildman–Crippen MR) is 75.5 cm³/mol. The number of nitrogens with zero attached hydrogens (tertiary/aromatic N) is 5. The summed E-state index contributed by atoms with van der Waals surface area (Å²) in [5.41, 5.74) is 14.5. The molecule has 0 bridgehead atoms. The Hall–Kier alpha value is -2.09. The molecule has 3 atom stereocenters. The monoisotopic (exact) mass is 294 g/mol. The van der Waals surface area contributed by atoms with E-state index in [2.05, 4.69) is 15.0 Å². The van der Waals surface area contributed by atoms with Gasteiger partial charge in [0.15, 0.2) is 0 Å². The van der Waals surface area contributed by atoms with Crippen LogP contribution in [0.2, 0.25) is 0 Å². The molecule has 1 fully saturated rings. The highest BCUT2D eigenvalue weighted by Crippen LogP contribution is 2.30. The average molecular weight is 294 g/mol. The minimum Gasteiger partial charge on any atom is -0.394 e. The lowest BCUT2D eigenvalue weighted by Gasteiger charge is -2.16. The van der Waals surface area contributed by atoms with Crippen molar-refractivity contribution in [3.63, 3.8) is 0 Å². The largest absolute Gasteiger partial charge is 0.394 e. The highest BCUT2D eigenvalue weighted by atomic mass is 16.5. The molecule has 0 saturated carbocycles. The number of nitrogen functional groups attached to an aromatic ring is 1. The molecule has 114 valence electrons. The Kier molecular flexibility index (Phi) is 4.79. The molecule has 0 amide bonds. The number of aryl methyl sites for hydroxylation is 1. The van der Waals surface area contributed by atoms with Crippen LogP contribution in [0.1, 0.15) is 31.6 Å². The van der Waals surface area contributed by atoms with Gasteiger partial charge >= 0.3 is 5.69 Å². The maximum absolute atomic E-state index is 12.0. The van der Waals surface area contributed by atoms with E-state index in [1.165, 1.54) is 4.57 Å². The Morgan fingerprint density at radius 3 is 3.10 bits per heavy atom. The molecule has 0 aliphatic carbocycles. The highest BCUT2D eigenvalue weighted by Gasteiger charge is 2.35. The topological polar surface area (TPSA) is 139 Å². The zero-order chi connectivity index (χ0) is 15.4. The maximum atomic E-state index is 12.0. The number of hydrogen-bond acceptors (Lipinski definition) is 6. The Morgan fingerprint density at radius 1 is 1.71 bits per heavy atom. The molecule has 1 aliphatic heterocycles. The minimum atomic E-state index is -0.620. The lowest BCUT2D eigenvalue weighted by atomic mass is 10.1. The van der Waals surface area contributed by atoms with Gasteiger partial charge in [-0.15, -0.1) is 0 Å². The third-order valence-corrected chi connectivity index (χ3v) is 3.47. The minimum absolute atomic E-state index is 0.224. The molecule has 1 saturated heterocycles. The summed E-state index contributed by atoms with van der Waals surface area (Å²) in [5, 5.41) is 12.8. The van der Waals surface area contributed by atoms with Crippen LogP contribution >= 0.6 is 0 Å². The number of aromatic nitrogens is 2. The van der Waals surface area contributed by atoms with E-state index >= 15 is 0 Å². The molecule has 9 nitrogen and oxygen atoms in total. The number of hydrogen-bond donors (Lipinski definition) is 2. The van der Waals surface area contributed by atoms with E-state index in [4.69, 9.17) is 16.0 Å². The number of azide groups is 1. The maximum Gasteiger partial charge on any atom is 0.351 e. The van der Waals surface area contributed by atoms with Gasteiger partial charge in [0.1, 0.15) is 12.0 Å². The third-order valence-electron chi connectivity index (χ3n) is 3.47. The number of anilines is 1. The fourth-order valence-corrected chi connectivity index (χ4v) is 2.43. The van der Waals surface area contributed by atoms with Gasteiger partial charge < -0.3 is 15.6 Å². The molecule has 3 N–H and O–H groups in total. The van der Waals surface area contributed by atoms with Crippen molar-refractivity contribution in [3.05, 3.63) is 32.7 Å². The Morgan fingerprint density at radius 2 is 2.48 bits per heavy atom. The van der Waals surface area contributed by atoms with E-state index in [1.807, 2.05) is 6.92 Å². The number of aliphatic hydroxyl groups excluding tert-OH is 1. The number of rotatable bonds is 5. The summed E-state index contributed by atoms with van der Waals surface area (Å²) in [5.74, 6) is 0.224. The normalized spacial score (nSPS) is 24.8. The zero-order valence-corrected chi connectivity index (χ0v) is 11.7. The van der Waals surface area contributed by atoms with E-state index < -0.39 is 24.1 Å². The van der Waals surface area contributed by atoms with Crippen molar-refractivity contribution in [2.45, 2.75) is 44.6 Å². The molecule has 2 heterocycles. The van der Waals surface area contributed by atoms with E-state index in [1.54, 1.807) is 6.20 Å². The number of aliphatic hydroxyl groups is 1. The van der Waals surface area contributed by atoms with Gasteiger partial charge in [0.25, 0.3) is 0 Å². The van der Waals surface area contributed by atoms with Crippen molar-refractivity contribution in [3.8, 4) is 0 Å². The molecule has 1 aromatic heterocycles. The van der Waals surface area contributed by atoms with Crippen molar-refractivity contribution in [1.29, 1.82) is 0 Å². The fraction of sp³-hybridized carbons (Fsp3) is 0.667. The van der Waals surface area contributed by atoms with Crippen molar-refractivity contribution < 1.29 is 9.84 Å². The molecule has 2 rings (SSSR count). The van der Waals surface area contributed by atoms with Crippen LogP contribution < -0.4 is 11.4 Å². The molecule has 9 heteroatoms. The quantitative estimate of drug-likeness (QED) is 0.468. The first-order valence-electron chi connectivity index (χ1n) is 6.78. The fourth-order valence-electron chi connectivity index (χ4n) is 2.43. The molecule has 0 spiro atoms. The van der Waals surface area contributed by atoms with Gasteiger partial charge in [-0.1, -0.05) is 18.5 Å². The summed E-state index contributed by atoms with van der Waals surface area (Å²) in [6.07, 6.45) is 2.28. The molecule has 21 heavy (non-hydrogen) atoms. The van der Waals surface area contributed by atoms with Crippen LogP contribution in [0.5, 0.6) is 0 Å². The summed E-state index contributed by atoms with van der Waals surface area (Å²) >= 11 is 0. The molecule has 1 unspecified atom stereocenters. The van der Waals surface area contributed by atoms with Crippen LogP contribution in [-0.4, -0.2) is 33.4 Å². The Bertz CT molecular complexity index is 610. The summed E-state index contributed by atoms with van der Waals surface area (Å²) in [4.78, 5) is 18.5. The summed E-state index contributed by atoms with van der Waals surface area (Å²) < 4.78 is 6.93. The van der Waals surface area contributed by atoms with E-state index in [0.29, 0.717) is 12.8 Å². The molecule has 1 aromatic rings. The predicted octanol–water partition coefficient (Wildman–Crippen LogP) is 0.737. The average Bonchev–Trinajstić information content (AvgIpc) is 2.85. The second-order valence-electron chi connectivity index (χ2n) is 4.91. The zero-order valence-electron chi connectivity index (χ0n) is 11.7. The SMILES string of the molecule is CCCc1cn([C@H]2CC(N=[N+]=[N-])[C@@H](CO)O2)c(=O)nc1N. The van der Waals surface area contributed by atoms with Crippen LogP contribution in [-0.2, 0) is 11.2 Å². The first-order chi connectivity index (χ1) is 10.1. The Balaban J connectivity index is 2.32. The van der Waals surface area contributed by atoms with Gasteiger partial charge in [-0.3, -0.25) is 4.57 Å². The molecule has 0 aromatic carbocycles. The van der Waals surface area contributed by atoms with Crippen molar-refractivity contribution in [2.24, 2.45) is 5.11 Å². The number of nitrogens with two attached hydrogens (primary N) is 1. The third kappa shape index (κ3) is 3.15. The summed E-state index contributed by atoms with van der Waals surface area (Å²) in [7, 11) is 0. The Labute approximate surface area is 121 Å². The lowest BCUT2D eigenvalue weighted by Crippen LogP contribution is -2.29. The molecular formula is C12H18N6O3. The van der Waals surface area contributed by atoms with Crippen molar-refractivity contribution >= 4 is 5.82 Å². The summed E-state index contributed by atoms with van der Waals surface area (Å²) in [6.45, 7) is 1.72. The molecule has 1 aliphatic rings. The van der Waals surface area contributed by atoms with E-state index in [9.17, 15) is 9.90 Å².